The van der Waals surface area contributed by atoms with Gasteiger partial charge in [0.25, 0.3) is 0 Å². The zero-order chi connectivity index (χ0) is 16.4. The van der Waals surface area contributed by atoms with Gasteiger partial charge in [-0.15, -0.1) is 0 Å². The SMILES string of the molecule is CCNC(=NCC(C)CN1CCN(C)CC1)NCCC(C)C. The Labute approximate surface area is 137 Å². The zero-order valence-corrected chi connectivity index (χ0v) is 15.4. The molecule has 0 radical (unpaired) electrons. The normalized spacial score (nSPS) is 19.5. The van der Waals surface area contributed by atoms with Crippen LogP contribution in [0.1, 0.15) is 34.1 Å². The van der Waals surface area contributed by atoms with Crippen LogP contribution in [0, 0.1) is 11.8 Å². The number of nitrogens with zero attached hydrogens (tertiary/aromatic N) is 3. The third kappa shape index (κ3) is 8.59. The Bertz CT molecular complexity index is 308. The average molecular weight is 312 g/mol. The summed E-state index contributed by atoms with van der Waals surface area (Å²) in [4.78, 5) is 9.72. The number of guanidine groups is 1. The molecule has 22 heavy (non-hydrogen) atoms. The summed E-state index contributed by atoms with van der Waals surface area (Å²) in [5.41, 5.74) is 0. The van der Waals surface area contributed by atoms with Crippen molar-refractivity contribution in [2.45, 2.75) is 34.1 Å². The molecule has 1 unspecified atom stereocenters. The Hall–Kier alpha value is -0.810. The molecule has 1 atom stereocenters. The Balaban J connectivity index is 2.30. The molecule has 5 nitrogen and oxygen atoms in total. The molecule has 0 saturated carbocycles. The van der Waals surface area contributed by atoms with Crippen LogP contribution in [-0.2, 0) is 0 Å². The van der Waals surface area contributed by atoms with Crippen molar-refractivity contribution in [3.05, 3.63) is 0 Å². The molecule has 0 amide bonds. The lowest BCUT2D eigenvalue weighted by Gasteiger charge is -2.33. The second-order valence-corrected chi connectivity index (χ2v) is 7.04. The fourth-order valence-electron chi connectivity index (χ4n) is 2.60. The Morgan fingerprint density at radius 3 is 2.36 bits per heavy atom. The highest BCUT2D eigenvalue weighted by Gasteiger charge is 2.15. The van der Waals surface area contributed by atoms with Gasteiger partial charge in [0.2, 0.25) is 0 Å². The molecule has 5 heteroatoms. The summed E-state index contributed by atoms with van der Waals surface area (Å²) in [7, 11) is 2.20. The van der Waals surface area contributed by atoms with Gasteiger partial charge in [-0.05, 0) is 32.2 Å². The van der Waals surface area contributed by atoms with Crippen LogP contribution in [0.5, 0.6) is 0 Å². The van der Waals surface area contributed by atoms with Crippen molar-refractivity contribution in [3.8, 4) is 0 Å². The van der Waals surface area contributed by atoms with Crippen LogP contribution >= 0.6 is 0 Å². The van der Waals surface area contributed by atoms with Crippen LogP contribution in [-0.4, -0.2) is 75.2 Å². The van der Waals surface area contributed by atoms with Crippen molar-refractivity contribution in [2.24, 2.45) is 16.8 Å². The Morgan fingerprint density at radius 2 is 1.77 bits per heavy atom. The zero-order valence-electron chi connectivity index (χ0n) is 15.4. The fraction of sp³-hybridized carbons (Fsp3) is 0.941. The molecule has 1 heterocycles. The Kier molecular flexibility index (Phi) is 9.48. The quantitative estimate of drug-likeness (QED) is 0.526. The van der Waals surface area contributed by atoms with Crippen molar-refractivity contribution < 1.29 is 0 Å². The van der Waals surface area contributed by atoms with Gasteiger partial charge in [0, 0.05) is 52.4 Å². The van der Waals surface area contributed by atoms with Gasteiger partial charge in [0.1, 0.15) is 0 Å². The highest BCUT2D eigenvalue weighted by molar-refractivity contribution is 5.79. The molecule has 1 aliphatic rings. The van der Waals surface area contributed by atoms with Gasteiger partial charge in [-0.25, -0.2) is 0 Å². The molecule has 1 aliphatic heterocycles. The maximum absolute atomic E-state index is 4.75. The molecular weight excluding hydrogens is 274 g/mol. The number of likely N-dealkylation sites (N-methyl/N-ethyl adjacent to an activating group) is 1. The summed E-state index contributed by atoms with van der Waals surface area (Å²) in [6.45, 7) is 17.7. The van der Waals surface area contributed by atoms with Crippen molar-refractivity contribution in [1.82, 2.24) is 20.4 Å². The summed E-state index contributed by atoms with van der Waals surface area (Å²) in [6.07, 6.45) is 1.18. The van der Waals surface area contributed by atoms with Gasteiger partial charge in [-0.1, -0.05) is 20.8 Å². The van der Waals surface area contributed by atoms with Gasteiger partial charge in [-0.3, -0.25) is 4.99 Å². The second kappa shape index (κ2) is 10.8. The largest absolute Gasteiger partial charge is 0.357 e. The van der Waals surface area contributed by atoms with Gasteiger partial charge in [0.05, 0.1) is 0 Å². The van der Waals surface area contributed by atoms with Crippen molar-refractivity contribution in [1.29, 1.82) is 0 Å². The topological polar surface area (TPSA) is 42.9 Å². The van der Waals surface area contributed by atoms with E-state index in [-0.39, 0.29) is 0 Å². The maximum atomic E-state index is 4.75. The van der Waals surface area contributed by atoms with Gasteiger partial charge >= 0.3 is 0 Å². The first kappa shape index (κ1) is 19.2. The standard InChI is InChI=1S/C17H37N5/c1-6-18-17(19-8-7-15(2)3)20-13-16(4)14-22-11-9-21(5)10-12-22/h15-16H,6-14H2,1-5H3,(H2,18,19,20). The first-order valence-electron chi connectivity index (χ1n) is 8.94. The van der Waals surface area contributed by atoms with Crippen LogP contribution in [0.3, 0.4) is 0 Å². The lowest BCUT2D eigenvalue weighted by molar-refractivity contribution is 0.140. The molecule has 0 aliphatic carbocycles. The minimum absolute atomic E-state index is 0.601. The van der Waals surface area contributed by atoms with Crippen molar-refractivity contribution in [3.63, 3.8) is 0 Å². The molecule has 1 rings (SSSR count). The van der Waals surface area contributed by atoms with Crippen molar-refractivity contribution in [2.75, 3.05) is 59.4 Å². The average Bonchev–Trinajstić information content (AvgIpc) is 2.47. The molecule has 130 valence electrons. The molecule has 0 spiro atoms. The minimum Gasteiger partial charge on any atom is -0.357 e. The maximum Gasteiger partial charge on any atom is 0.191 e. The van der Waals surface area contributed by atoms with Crippen LogP contribution in [0.4, 0.5) is 0 Å². The van der Waals surface area contributed by atoms with E-state index in [4.69, 9.17) is 4.99 Å². The number of piperazine rings is 1. The molecule has 2 N–H and O–H groups in total. The lowest BCUT2D eigenvalue weighted by atomic mass is 10.1. The summed E-state index contributed by atoms with van der Waals surface area (Å²) >= 11 is 0. The first-order chi connectivity index (χ1) is 10.5. The lowest BCUT2D eigenvalue weighted by Crippen LogP contribution is -2.46. The Morgan fingerprint density at radius 1 is 1.09 bits per heavy atom. The monoisotopic (exact) mass is 311 g/mol. The molecular formula is C17H37N5. The van der Waals surface area contributed by atoms with E-state index in [1.54, 1.807) is 0 Å². The molecule has 0 aromatic carbocycles. The molecule has 1 saturated heterocycles. The van der Waals surface area contributed by atoms with E-state index in [1.165, 1.54) is 32.6 Å². The van der Waals surface area contributed by atoms with E-state index in [9.17, 15) is 0 Å². The molecule has 0 bridgehead atoms. The minimum atomic E-state index is 0.601. The van der Waals surface area contributed by atoms with E-state index < -0.39 is 0 Å². The van der Waals surface area contributed by atoms with Crippen LogP contribution in [0.2, 0.25) is 0 Å². The fourth-order valence-corrected chi connectivity index (χ4v) is 2.60. The smallest absolute Gasteiger partial charge is 0.191 e. The number of aliphatic imine (C=N–C) groups is 1. The van der Waals surface area contributed by atoms with Crippen LogP contribution in [0.15, 0.2) is 4.99 Å². The molecule has 1 fully saturated rings. The summed E-state index contributed by atoms with van der Waals surface area (Å²) in [6, 6.07) is 0. The molecule has 0 aromatic rings. The van der Waals surface area contributed by atoms with Crippen molar-refractivity contribution >= 4 is 5.96 Å². The van der Waals surface area contributed by atoms with E-state index in [2.05, 4.69) is 55.2 Å². The van der Waals surface area contributed by atoms with Crippen LogP contribution in [0.25, 0.3) is 0 Å². The highest BCUT2D eigenvalue weighted by Crippen LogP contribution is 2.05. The van der Waals surface area contributed by atoms with Gasteiger partial charge in [-0.2, -0.15) is 0 Å². The van der Waals surface area contributed by atoms with E-state index in [0.29, 0.717) is 5.92 Å². The third-order valence-corrected chi connectivity index (χ3v) is 4.09. The number of nitrogens with one attached hydrogen (secondary N) is 2. The van der Waals surface area contributed by atoms with Crippen LogP contribution < -0.4 is 10.6 Å². The summed E-state index contributed by atoms with van der Waals surface area (Å²) in [5, 5.41) is 6.78. The van der Waals surface area contributed by atoms with Gasteiger partial charge in [0.15, 0.2) is 5.96 Å². The first-order valence-corrected chi connectivity index (χ1v) is 8.94. The number of hydrogen-bond acceptors (Lipinski definition) is 3. The van der Waals surface area contributed by atoms with E-state index >= 15 is 0 Å². The number of hydrogen-bond donors (Lipinski definition) is 2. The summed E-state index contributed by atoms with van der Waals surface area (Å²) < 4.78 is 0. The summed E-state index contributed by atoms with van der Waals surface area (Å²) in [5.74, 6) is 2.30. The molecule has 0 aromatic heterocycles. The number of rotatable bonds is 8. The second-order valence-electron chi connectivity index (χ2n) is 7.04. The third-order valence-electron chi connectivity index (χ3n) is 4.09. The predicted octanol–water partition coefficient (Wildman–Crippen LogP) is 1.47. The highest BCUT2D eigenvalue weighted by atomic mass is 15.2. The van der Waals surface area contributed by atoms with E-state index in [1.807, 2.05) is 0 Å². The van der Waals surface area contributed by atoms with E-state index in [0.717, 1.165) is 38.1 Å². The van der Waals surface area contributed by atoms with Gasteiger partial charge < -0.3 is 20.4 Å². The predicted molar refractivity (Wildman–Crippen MR) is 96.5 cm³/mol.